The second kappa shape index (κ2) is 11.1. The number of nitrogens with one attached hydrogen (secondary N) is 3. The third kappa shape index (κ3) is 5.82. The third-order valence-corrected chi connectivity index (χ3v) is 4.91. The highest BCUT2D eigenvalue weighted by Gasteiger charge is 2.20. The summed E-state index contributed by atoms with van der Waals surface area (Å²) in [5.74, 6) is 0.912. The molecule has 1 aromatic carbocycles. The van der Waals surface area contributed by atoms with E-state index < -0.39 is 0 Å². The molecule has 9 nitrogen and oxygen atoms in total. The topological polar surface area (TPSA) is 114 Å². The largest absolute Gasteiger partial charge is 0.368 e. The number of carbonyl (C=O) groups excluding carboxylic acids is 2. The summed E-state index contributed by atoms with van der Waals surface area (Å²) in [6.07, 6.45) is 3.66. The molecule has 3 rings (SSSR count). The van der Waals surface area contributed by atoms with E-state index in [4.69, 9.17) is 0 Å². The van der Waals surface area contributed by atoms with E-state index in [1.165, 1.54) is 0 Å². The van der Waals surface area contributed by atoms with Crippen LogP contribution in [0, 0.1) is 0 Å². The molecule has 0 unspecified atom stereocenters. The fourth-order valence-corrected chi connectivity index (χ4v) is 3.42. The molecule has 3 aromatic rings. The van der Waals surface area contributed by atoms with Gasteiger partial charge in [0.15, 0.2) is 5.69 Å². The highest BCUT2D eigenvalue weighted by Crippen LogP contribution is 2.18. The Morgan fingerprint density at radius 2 is 1.84 bits per heavy atom. The van der Waals surface area contributed by atoms with Crippen LogP contribution in [0.3, 0.4) is 0 Å². The number of hydrogen-bond donors (Lipinski definition) is 3. The van der Waals surface area contributed by atoms with Gasteiger partial charge in [0.25, 0.3) is 11.8 Å². The molecule has 0 bridgehead atoms. The molecule has 2 amide bonds. The second-order valence-corrected chi connectivity index (χ2v) is 7.40. The number of anilines is 1. The number of pyridine rings is 1. The standard InChI is InChI=1S/C21H25N7O2S/c1-3-22-20(29)15-7-9-16(10-8-15)28-17(14-31-2)19(26-27-28)21(30)25-13-12-24-18-6-4-5-11-23-18/h4-11H,3,12-14H2,1-2H3,(H,22,29)(H,23,24)(H,25,30). The summed E-state index contributed by atoms with van der Waals surface area (Å²) < 4.78 is 1.64. The van der Waals surface area contributed by atoms with Gasteiger partial charge in [-0.1, -0.05) is 11.3 Å². The zero-order valence-corrected chi connectivity index (χ0v) is 18.3. The van der Waals surface area contributed by atoms with Crippen LogP contribution in [0.15, 0.2) is 48.7 Å². The van der Waals surface area contributed by atoms with Crippen molar-refractivity contribution in [3.05, 3.63) is 65.6 Å². The van der Waals surface area contributed by atoms with E-state index >= 15 is 0 Å². The summed E-state index contributed by atoms with van der Waals surface area (Å²) in [5, 5.41) is 17.1. The molecule has 0 spiro atoms. The van der Waals surface area contributed by atoms with Crippen LogP contribution in [-0.4, -0.2) is 57.7 Å². The minimum Gasteiger partial charge on any atom is -0.368 e. The van der Waals surface area contributed by atoms with Crippen molar-refractivity contribution in [3.63, 3.8) is 0 Å². The molecule has 3 N–H and O–H groups in total. The summed E-state index contributed by atoms with van der Waals surface area (Å²) >= 11 is 1.57. The van der Waals surface area contributed by atoms with Crippen molar-refractivity contribution < 1.29 is 9.59 Å². The van der Waals surface area contributed by atoms with Gasteiger partial charge in [-0.25, -0.2) is 9.67 Å². The van der Waals surface area contributed by atoms with E-state index in [0.717, 1.165) is 11.5 Å². The van der Waals surface area contributed by atoms with E-state index in [1.54, 1.807) is 46.9 Å². The van der Waals surface area contributed by atoms with E-state index in [1.807, 2.05) is 31.4 Å². The van der Waals surface area contributed by atoms with Crippen molar-refractivity contribution in [2.24, 2.45) is 0 Å². The van der Waals surface area contributed by atoms with E-state index in [2.05, 4.69) is 31.2 Å². The summed E-state index contributed by atoms with van der Waals surface area (Å²) in [4.78, 5) is 28.8. The number of hydrogen-bond acceptors (Lipinski definition) is 7. The molecule has 31 heavy (non-hydrogen) atoms. The summed E-state index contributed by atoms with van der Waals surface area (Å²) in [7, 11) is 0. The van der Waals surface area contributed by atoms with Gasteiger partial charge in [-0.3, -0.25) is 9.59 Å². The molecule has 0 saturated heterocycles. The van der Waals surface area contributed by atoms with Crippen molar-refractivity contribution in [2.75, 3.05) is 31.2 Å². The monoisotopic (exact) mass is 439 g/mol. The number of thioether (sulfide) groups is 1. The Morgan fingerprint density at radius 1 is 1.03 bits per heavy atom. The maximum absolute atomic E-state index is 12.7. The van der Waals surface area contributed by atoms with Gasteiger partial charge in [-0.05, 0) is 49.6 Å². The van der Waals surface area contributed by atoms with E-state index in [0.29, 0.717) is 42.3 Å². The number of aromatic nitrogens is 4. The van der Waals surface area contributed by atoms with Gasteiger partial charge in [0, 0.05) is 37.1 Å². The summed E-state index contributed by atoms with van der Waals surface area (Å²) in [6.45, 7) is 3.40. The van der Waals surface area contributed by atoms with Crippen LogP contribution < -0.4 is 16.0 Å². The van der Waals surface area contributed by atoms with E-state index in [9.17, 15) is 9.59 Å². The fourth-order valence-electron chi connectivity index (χ4n) is 2.89. The molecule has 0 atom stereocenters. The van der Waals surface area contributed by atoms with Crippen molar-refractivity contribution >= 4 is 29.4 Å². The van der Waals surface area contributed by atoms with Gasteiger partial charge in [0.2, 0.25) is 0 Å². The second-order valence-electron chi connectivity index (χ2n) is 6.53. The Labute approximate surface area is 185 Å². The minimum atomic E-state index is -0.280. The molecule has 0 aliphatic heterocycles. The first-order valence-corrected chi connectivity index (χ1v) is 11.3. The molecular weight excluding hydrogens is 414 g/mol. The lowest BCUT2D eigenvalue weighted by molar-refractivity contribution is 0.0944. The Morgan fingerprint density at radius 3 is 2.52 bits per heavy atom. The minimum absolute atomic E-state index is 0.128. The Bertz CT molecular complexity index is 1010. The average molecular weight is 440 g/mol. The Hall–Kier alpha value is -3.40. The van der Waals surface area contributed by atoms with Gasteiger partial charge in [-0.2, -0.15) is 11.8 Å². The summed E-state index contributed by atoms with van der Waals surface area (Å²) in [5.41, 5.74) is 2.30. The molecule has 2 heterocycles. The maximum atomic E-state index is 12.7. The van der Waals surface area contributed by atoms with E-state index in [-0.39, 0.29) is 11.8 Å². The molecule has 0 saturated carbocycles. The molecule has 10 heteroatoms. The van der Waals surface area contributed by atoms with Crippen LogP contribution in [0.1, 0.15) is 33.5 Å². The predicted molar refractivity (Wildman–Crippen MR) is 122 cm³/mol. The SMILES string of the molecule is CCNC(=O)c1ccc(-n2nnc(C(=O)NCCNc3ccccn3)c2CSC)cc1. The Kier molecular flexibility index (Phi) is 7.99. The first-order chi connectivity index (χ1) is 15.1. The van der Waals surface area contributed by atoms with Gasteiger partial charge in [0.05, 0.1) is 11.4 Å². The average Bonchev–Trinajstić information content (AvgIpc) is 3.21. The highest BCUT2D eigenvalue weighted by atomic mass is 32.2. The van der Waals surface area contributed by atoms with Crippen LogP contribution in [0.2, 0.25) is 0 Å². The fraction of sp³-hybridized carbons (Fsp3) is 0.286. The van der Waals surface area contributed by atoms with Gasteiger partial charge in [0.1, 0.15) is 5.82 Å². The van der Waals surface area contributed by atoms with Crippen LogP contribution in [0.4, 0.5) is 5.82 Å². The number of amides is 2. The van der Waals surface area contributed by atoms with Crippen LogP contribution >= 0.6 is 11.8 Å². The van der Waals surface area contributed by atoms with Gasteiger partial charge < -0.3 is 16.0 Å². The molecule has 0 radical (unpaired) electrons. The molecule has 162 valence electrons. The lowest BCUT2D eigenvalue weighted by Gasteiger charge is -2.09. The molecule has 2 aromatic heterocycles. The first kappa shape index (κ1) is 22.3. The predicted octanol–water partition coefficient (Wildman–Crippen LogP) is 2.12. The maximum Gasteiger partial charge on any atom is 0.273 e. The first-order valence-electron chi connectivity index (χ1n) is 9.89. The lowest BCUT2D eigenvalue weighted by Crippen LogP contribution is -2.30. The molecule has 0 aliphatic carbocycles. The van der Waals surface area contributed by atoms with Crippen LogP contribution in [0.25, 0.3) is 5.69 Å². The molecular formula is C21H25N7O2S. The van der Waals surface area contributed by atoms with Gasteiger partial charge >= 0.3 is 0 Å². The highest BCUT2D eigenvalue weighted by molar-refractivity contribution is 7.97. The van der Waals surface area contributed by atoms with Crippen LogP contribution in [0.5, 0.6) is 0 Å². The van der Waals surface area contributed by atoms with Crippen LogP contribution in [-0.2, 0) is 5.75 Å². The Balaban J connectivity index is 1.68. The normalized spacial score (nSPS) is 10.5. The third-order valence-electron chi connectivity index (χ3n) is 4.35. The van der Waals surface area contributed by atoms with Gasteiger partial charge in [-0.15, -0.1) is 5.10 Å². The molecule has 0 fully saturated rings. The lowest BCUT2D eigenvalue weighted by atomic mass is 10.2. The van der Waals surface area contributed by atoms with Crippen molar-refractivity contribution in [1.29, 1.82) is 0 Å². The van der Waals surface area contributed by atoms with Crippen molar-refractivity contribution in [3.8, 4) is 5.69 Å². The zero-order chi connectivity index (χ0) is 22.1. The zero-order valence-electron chi connectivity index (χ0n) is 17.5. The quantitative estimate of drug-likeness (QED) is 0.415. The van der Waals surface area contributed by atoms with Crippen molar-refractivity contribution in [2.45, 2.75) is 12.7 Å². The molecule has 0 aliphatic rings. The van der Waals surface area contributed by atoms with Crippen molar-refractivity contribution in [1.82, 2.24) is 30.6 Å². The number of rotatable bonds is 10. The number of benzene rings is 1. The number of nitrogens with zero attached hydrogens (tertiary/aromatic N) is 4. The smallest absolute Gasteiger partial charge is 0.273 e. The number of carbonyl (C=O) groups is 2. The summed E-state index contributed by atoms with van der Waals surface area (Å²) in [6, 6.07) is 12.6.